The number of thiophene rings is 1. The van der Waals surface area contributed by atoms with E-state index in [0.29, 0.717) is 5.56 Å². The molecule has 0 radical (unpaired) electrons. The molecule has 18 heavy (non-hydrogen) atoms. The van der Waals surface area contributed by atoms with Crippen LogP contribution in [-0.2, 0) is 9.53 Å². The van der Waals surface area contributed by atoms with Gasteiger partial charge in [0.1, 0.15) is 0 Å². The van der Waals surface area contributed by atoms with Crippen LogP contribution >= 0.6 is 11.3 Å². The molecule has 0 spiro atoms. The topological polar surface area (TPSA) is 46.5 Å². The van der Waals surface area contributed by atoms with Crippen molar-refractivity contribution in [1.29, 1.82) is 0 Å². The summed E-state index contributed by atoms with van der Waals surface area (Å²) in [6, 6.07) is 11.7. The van der Waals surface area contributed by atoms with Crippen molar-refractivity contribution in [1.82, 2.24) is 0 Å². The fourth-order valence-corrected chi connectivity index (χ4v) is 2.81. The van der Waals surface area contributed by atoms with E-state index in [-0.39, 0.29) is 0 Å². The number of ether oxygens (including phenoxy) is 1. The van der Waals surface area contributed by atoms with Crippen LogP contribution in [0.5, 0.6) is 0 Å². The molecular formula is C14H14O3S. The minimum absolute atomic E-state index is 0.616. The molecule has 1 aromatic carbocycles. The van der Waals surface area contributed by atoms with Gasteiger partial charge in [-0.25, -0.2) is 4.79 Å². The third-order valence-electron chi connectivity index (χ3n) is 2.73. The van der Waals surface area contributed by atoms with Gasteiger partial charge in [0.25, 0.3) is 0 Å². The second-order valence-corrected chi connectivity index (χ2v) is 5.17. The Morgan fingerprint density at radius 3 is 2.61 bits per heavy atom. The highest BCUT2D eigenvalue weighted by Crippen LogP contribution is 2.34. The summed E-state index contributed by atoms with van der Waals surface area (Å²) in [5, 5.41) is 9.86. The maximum atomic E-state index is 11.3. The quantitative estimate of drug-likeness (QED) is 0.865. The molecule has 94 valence electrons. The number of carbonyl (C=O) groups is 1. The lowest BCUT2D eigenvalue weighted by molar-refractivity contribution is -0.150. The number of carbonyl (C=O) groups excluding carboxylic acids is 1. The van der Waals surface area contributed by atoms with Gasteiger partial charge in [0.15, 0.2) is 6.10 Å². The Morgan fingerprint density at radius 1 is 1.33 bits per heavy atom. The van der Waals surface area contributed by atoms with E-state index in [1.165, 1.54) is 7.11 Å². The largest absolute Gasteiger partial charge is 0.467 e. The van der Waals surface area contributed by atoms with Crippen molar-refractivity contribution >= 4 is 17.3 Å². The minimum Gasteiger partial charge on any atom is -0.467 e. The number of methoxy groups -OCH3 is 1. The van der Waals surface area contributed by atoms with E-state index in [9.17, 15) is 9.90 Å². The third-order valence-corrected chi connectivity index (χ3v) is 3.85. The molecular weight excluding hydrogens is 248 g/mol. The molecule has 0 bridgehead atoms. The predicted octanol–water partition coefficient (Wildman–Crippen LogP) is 2.93. The Bertz CT molecular complexity index is 545. The second-order valence-electron chi connectivity index (χ2n) is 3.91. The zero-order valence-electron chi connectivity index (χ0n) is 10.2. The Balaban J connectivity index is 2.36. The first kappa shape index (κ1) is 12.8. The van der Waals surface area contributed by atoms with Crippen LogP contribution in [0.25, 0.3) is 10.4 Å². The summed E-state index contributed by atoms with van der Waals surface area (Å²) in [5.41, 5.74) is 1.69. The Morgan fingerprint density at radius 2 is 2.00 bits per heavy atom. The molecule has 2 aromatic rings. The van der Waals surface area contributed by atoms with Gasteiger partial charge >= 0.3 is 5.97 Å². The standard InChI is InChI=1S/C14H14O3S/c1-9-11(13(15)14(16)17-2)8-12(18-9)10-6-4-3-5-7-10/h3-8,13,15H,1-2H3. The van der Waals surface area contributed by atoms with Crippen LogP contribution in [0.15, 0.2) is 36.4 Å². The number of esters is 1. The van der Waals surface area contributed by atoms with Crippen molar-refractivity contribution in [2.24, 2.45) is 0 Å². The fourth-order valence-electron chi connectivity index (χ4n) is 1.75. The smallest absolute Gasteiger partial charge is 0.339 e. The summed E-state index contributed by atoms with van der Waals surface area (Å²) < 4.78 is 4.55. The van der Waals surface area contributed by atoms with Crippen LogP contribution in [0, 0.1) is 6.92 Å². The lowest BCUT2D eigenvalue weighted by Crippen LogP contribution is -2.13. The SMILES string of the molecule is COC(=O)C(O)c1cc(-c2ccccc2)sc1C. The lowest BCUT2D eigenvalue weighted by atomic mass is 10.1. The van der Waals surface area contributed by atoms with Gasteiger partial charge in [-0.1, -0.05) is 30.3 Å². The first-order chi connectivity index (χ1) is 8.63. The van der Waals surface area contributed by atoms with E-state index >= 15 is 0 Å². The molecule has 1 atom stereocenters. The molecule has 0 saturated heterocycles. The number of aliphatic hydroxyl groups is 1. The molecule has 1 unspecified atom stereocenters. The lowest BCUT2D eigenvalue weighted by Gasteiger charge is -2.06. The van der Waals surface area contributed by atoms with Gasteiger partial charge in [0, 0.05) is 15.3 Å². The second kappa shape index (κ2) is 5.33. The summed E-state index contributed by atoms with van der Waals surface area (Å²) >= 11 is 1.56. The van der Waals surface area contributed by atoms with E-state index in [1.807, 2.05) is 43.3 Å². The van der Waals surface area contributed by atoms with E-state index in [1.54, 1.807) is 11.3 Å². The van der Waals surface area contributed by atoms with Crippen LogP contribution < -0.4 is 0 Å². The zero-order chi connectivity index (χ0) is 13.1. The summed E-state index contributed by atoms with van der Waals surface area (Å²) in [6.07, 6.45) is -1.20. The molecule has 1 N–H and O–H groups in total. The van der Waals surface area contributed by atoms with Crippen LogP contribution in [0.3, 0.4) is 0 Å². The molecule has 1 aromatic heterocycles. The predicted molar refractivity (Wildman–Crippen MR) is 71.5 cm³/mol. The third kappa shape index (κ3) is 2.44. The molecule has 0 fully saturated rings. The number of aryl methyl sites for hydroxylation is 1. The molecule has 4 heteroatoms. The maximum absolute atomic E-state index is 11.3. The van der Waals surface area contributed by atoms with Crippen molar-refractivity contribution in [3.8, 4) is 10.4 Å². The van der Waals surface area contributed by atoms with Crippen molar-refractivity contribution in [3.63, 3.8) is 0 Å². The van der Waals surface area contributed by atoms with Crippen molar-refractivity contribution in [3.05, 3.63) is 46.8 Å². The molecule has 0 amide bonds. The van der Waals surface area contributed by atoms with E-state index in [2.05, 4.69) is 4.74 Å². The average molecular weight is 262 g/mol. The molecule has 3 nitrogen and oxygen atoms in total. The van der Waals surface area contributed by atoms with Crippen LogP contribution in [0.2, 0.25) is 0 Å². The fraction of sp³-hybridized carbons (Fsp3) is 0.214. The first-order valence-electron chi connectivity index (χ1n) is 5.55. The summed E-state index contributed by atoms with van der Waals surface area (Å²) in [6.45, 7) is 1.89. The van der Waals surface area contributed by atoms with Gasteiger partial charge in [0.05, 0.1) is 7.11 Å². The number of aliphatic hydroxyl groups excluding tert-OH is 1. The Labute approximate surface area is 110 Å². The van der Waals surface area contributed by atoms with Crippen molar-refractivity contribution < 1.29 is 14.6 Å². The number of hydrogen-bond acceptors (Lipinski definition) is 4. The Hall–Kier alpha value is -1.65. The molecule has 1 heterocycles. The highest BCUT2D eigenvalue weighted by Gasteiger charge is 2.22. The highest BCUT2D eigenvalue weighted by atomic mass is 32.1. The van der Waals surface area contributed by atoms with Crippen LogP contribution in [-0.4, -0.2) is 18.2 Å². The van der Waals surface area contributed by atoms with Crippen molar-refractivity contribution in [2.75, 3.05) is 7.11 Å². The number of hydrogen-bond donors (Lipinski definition) is 1. The minimum atomic E-state index is -1.20. The maximum Gasteiger partial charge on any atom is 0.339 e. The first-order valence-corrected chi connectivity index (χ1v) is 6.36. The monoisotopic (exact) mass is 262 g/mol. The van der Waals surface area contributed by atoms with E-state index in [4.69, 9.17) is 0 Å². The van der Waals surface area contributed by atoms with Gasteiger partial charge < -0.3 is 9.84 Å². The average Bonchev–Trinajstić information content (AvgIpc) is 2.80. The summed E-state index contributed by atoms with van der Waals surface area (Å²) in [4.78, 5) is 13.3. The molecule has 0 aliphatic rings. The van der Waals surface area contributed by atoms with Crippen LogP contribution in [0.1, 0.15) is 16.5 Å². The molecule has 2 rings (SSSR count). The van der Waals surface area contributed by atoms with Gasteiger partial charge in [0.2, 0.25) is 0 Å². The summed E-state index contributed by atoms with van der Waals surface area (Å²) in [5.74, 6) is -0.629. The highest BCUT2D eigenvalue weighted by molar-refractivity contribution is 7.15. The summed E-state index contributed by atoms with van der Waals surface area (Å²) in [7, 11) is 1.27. The molecule has 0 saturated carbocycles. The van der Waals surface area contributed by atoms with Gasteiger partial charge in [-0.15, -0.1) is 11.3 Å². The van der Waals surface area contributed by atoms with Gasteiger partial charge in [-0.3, -0.25) is 0 Å². The number of benzene rings is 1. The van der Waals surface area contributed by atoms with Crippen LogP contribution in [0.4, 0.5) is 0 Å². The van der Waals surface area contributed by atoms with E-state index < -0.39 is 12.1 Å². The van der Waals surface area contributed by atoms with Gasteiger partial charge in [-0.05, 0) is 18.6 Å². The van der Waals surface area contributed by atoms with E-state index in [0.717, 1.165) is 15.3 Å². The molecule has 0 aliphatic carbocycles. The van der Waals surface area contributed by atoms with Gasteiger partial charge in [-0.2, -0.15) is 0 Å². The van der Waals surface area contributed by atoms with Crippen molar-refractivity contribution in [2.45, 2.75) is 13.0 Å². The molecule has 0 aliphatic heterocycles. The zero-order valence-corrected chi connectivity index (χ0v) is 11.0. The number of rotatable bonds is 3. The Kier molecular flexibility index (Phi) is 3.79. The normalized spacial score (nSPS) is 12.2.